The summed E-state index contributed by atoms with van der Waals surface area (Å²) in [6, 6.07) is 0. The highest BCUT2D eigenvalue weighted by Crippen LogP contribution is 2.40. The van der Waals surface area contributed by atoms with E-state index in [0.717, 1.165) is 45.1 Å². The molecule has 0 N–H and O–H groups in total. The molecule has 2 heteroatoms. The van der Waals surface area contributed by atoms with Gasteiger partial charge < -0.3 is 9.47 Å². The lowest BCUT2D eigenvalue weighted by Gasteiger charge is -2.22. The van der Waals surface area contributed by atoms with Crippen LogP contribution in [0.25, 0.3) is 0 Å². The zero-order valence-electron chi connectivity index (χ0n) is 8.13. The average molecular weight is 182 g/mol. The second-order valence-corrected chi connectivity index (χ2v) is 4.01. The lowest BCUT2D eigenvalue weighted by atomic mass is 10.1. The molecule has 1 spiro atoms. The van der Waals surface area contributed by atoms with Crippen molar-refractivity contribution in [3.8, 4) is 0 Å². The molecule has 2 nitrogen and oxygen atoms in total. The molecule has 2 heterocycles. The summed E-state index contributed by atoms with van der Waals surface area (Å²) in [5.74, 6) is -0.175. The van der Waals surface area contributed by atoms with Crippen molar-refractivity contribution in [2.24, 2.45) is 0 Å². The quantitative estimate of drug-likeness (QED) is 0.625. The van der Waals surface area contributed by atoms with Crippen LogP contribution in [0.15, 0.2) is 12.7 Å². The van der Waals surface area contributed by atoms with Crippen molar-refractivity contribution in [2.45, 2.75) is 50.4 Å². The first-order chi connectivity index (χ1) is 6.35. The first kappa shape index (κ1) is 9.22. The smallest absolute Gasteiger partial charge is 0.168 e. The molecule has 2 fully saturated rings. The Morgan fingerprint density at radius 2 is 2.38 bits per heavy atom. The molecule has 2 atom stereocenters. The molecule has 0 aliphatic carbocycles. The van der Waals surface area contributed by atoms with Crippen LogP contribution < -0.4 is 0 Å². The third kappa shape index (κ3) is 1.94. The Hall–Kier alpha value is -0.340. The number of hydrogen-bond acceptors (Lipinski definition) is 2. The van der Waals surface area contributed by atoms with E-state index in [1.807, 2.05) is 6.08 Å². The number of rotatable bonds is 3. The van der Waals surface area contributed by atoms with E-state index in [0.29, 0.717) is 6.10 Å². The minimum absolute atomic E-state index is 0.175. The molecule has 0 aromatic carbocycles. The normalized spacial score (nSPS) is 38.6. The molecule has 0 unspecified atom stereocenters. The zero-order valence-corrected chi connectivity index (χ0v) is 8.13. The summed E-state index contributed by atoms with van der Waals surface area (Å²) in [4.78, 5) is 0. The fourth-order valence-electron chi connectivity index (χ4n) is 2.27. The Morgan fingerprint density at radius 3 is 3.08 bits per heavy atom. The van der Waals surface area contributed by atoms with Crippen LogP contribution in [0.4, 0.5) is 0 Å². The summed E-state index contributed by atoms with van der Waals surface area (Å²) >= 11 is 0. The maximum atomic E-state index is 5.94. The molecule has 13 heavy (non-hydrogen) atoms. The summed E-state index contributed by atoms with van der Waals surface area (Å²) in [6.45, 7) is 4.61. The number of allylic oxidation sites excluding steroid dienone is 1. The predicted octanol–water partition coefficient (Wildman–Crippen LogP) is 2.64. The summed E-state index contributed by atoms with van der Waals surface area (Å²) < 4.78 is 11.6. The molecule has 0 aromatic heterocycles. The molecular formula is C11H18O2. The maximum absolute atomic E-state index is 5.94. The molecular weight excluding hydrogens is 164 g/mol. The van der Waals surface area contributed by atoms with E-state index in [9.17, 15) is 0 Å². The third-order valence-electron chi connectivity index (χ3n) is 2.99. The van der Waals surface area contributed by atoms with Gasteiger partial charge in [-0.3, -0.25) is 0 Å². The van der Waals surface area contributed by atoms with Gasteiger partial charge in [-0.25, -0.2) is 0 Å². The molecule has 0 saturated carbocycles. The lowest BCUT2D eigenvalue weighted by molar-refractivity contribution is -0.199. The van der Waals surface area contributed by atoms with E-state index < -0.39 is 0 Å². The number of ether oxygens (including phenoxy) is 2. The largest absolute Gasteiger partial charge is 0.350 e. The van der Waals surface area contributed by atoms with Gasteiger partial charge in [0.25, 0.3) is 0 Å². The fourth-order valence-corrected chi connectivity index (χ4v) is 2.27. The highest BCUT2D eigenvalue weighted by Gasteiger charge is 2.43. The van der Waals surface area contributed by atoms with Crippen molar-refractivity contribution in [3.63, 3.8) is 0 Å². The molecule has 2 aliphatic heterocycles. The SMILES string of the molecule is C=CCC[C@H]1CC[C@]2(CCCO2)O1. The van der Waals surface area contributed by atoms with Crippen molar-refractivity contribution >= 4 is 0 Å². The van der Waals surface area contributed by atoms with Crippen LogP contribution >= 0.6 is 0 Å². The summed E-state index contributed by atoms with van der Waals surface area (Å²) in [5, 5.41) is 0. The molecule has 74 valence electrons. The molecule has 0 bridgehead atoms. The van der Waals surface area contributed by atoms with Gasteiger partial charge in [0.15, 0.2) is 5.79 Å². The zero-order chi connectivity index (χ0) is 9.15. The van der Waals surface area contributed by atoms with Crippen molar-refractivity contribution in [1.82, 2.24) is 0 Å². The summed E-state index contributed by atoms with van der Waals surface area (Å²) in [6.07, 6.45) is 9.05. The van der Waals surface area contributed by atoms with E-state index in [2.05, 4.69) is 6.58 Å². The van der Waals surface area contributed by atoms with Gasteiger partial charge in [0.1, 0.15) is 0 Å². The molecule has 2 rings (SSSR count). The van der Waals surface area contributed by atoms with Crippen LogP contribution in [0.1, 0.15) is 38.5 Å². The topological polar surface area (TPSA) is 18.5 Å². The Kier molecular flexibility index (Phi) is 2.70. The minimum Gasteiger partial charge on any atom is -0.350 e. The number of hydrogen-bond donors (Lipinski definition) is 0. The van der Waals surface area contributed by atoms with Crippen LogP contribution in [-0.2, 0) is 9.47 Å². The average Bonchev–Trinajstić information content (AvgIpc) is 2.74. The minimum atomic E-state index is -0.175. The Balaban J connectivity index is 1.82. The lowest BCUT2D eigenvalue weighted by Crippen LogP contribution is -2.27. The Morgan fingerprint density at radius 1 is 1.46 bits per heavy atom. The van der Waals surface area contributed by atoms with Crippen LogP contribution in [0.5, 0.6) is 0 Å². The first-order valence-corrected chi connectivity index (χ1v) is 5.27. The van der Waals surface area contributed by atoms with Crippen molar-refractivity contribution in [2.75, 3.05) is 6.61 Å². The Bertz CT molecular complexity index is 183. The van der Waals surface area contributed by atoms with E-state index in [1.165, 1.54) is 0 Å². The van der Waals surface area contributed by atoms with Crippen LogP contribution in [0, 0.1) is 0 Å². The van der Waals surface area contributed by atoms with Crippen molar-refractivity contribution < 1.29 is 9.47 Å². The van der Waals surface area contributed by atoms with E-state index >= 15 is 0 Å². The summed E-state index contributed by atoms with van der Waals surface area (Å²) in [7, 11) is 0. The standard InChI is InChI=1S/C11H18O2/c1-2-3-5-10-6-8-11(13-10)7-4-9-12-11/h2,10H,1,3-9H2/t10-,11-/m0/s1. The van der Waals surface area contributed by atoms with Crippen LogP contribution in [-0.4, -0.2) is 18.5 Å². The van der Waals surface area contributed by atoms with Gasteiger partial charge in [0.05, 0.1) is 12.7 Å². The summed E-state index contributed by atoms with van der Waals surface area (Å²) in [5.41, 5.74) is 0. The highest BCUT2D eigenvalue weighted by molar-refractivity contribution is 4.85. The monoisotopic (exact) mass is 182 g/mol. The van der Waals surface area contributed by atoms with E-state index in [1.54, 1.807) is 0 Å². The van der Waals surface area contributed by atoms with Gasteiger partial charge in [-0.1, -0.05) is 6.08 Å². The second kappa shape index (κ2) is 3.81. The van der Waals surface area contributed by atoms with Gasteiger partial charge in [-0.2, -0.15) is 0 Å². The van der Waals surface area contributed by atoms with Gasteiger partial charge in [0, 0.05) is 12.8 Å². The van der Waals surface area contributed by atoms with Crippen LogP contribution in [0.3, 0.4) is 0 Å². The molecule has 2 saturated heterocycles. The van der Waals surface area contributed by atoms with Crippen LogP contribution in [0.2, 0.25) is 0 Å². The van der Waals surface area contributed by atoms with Crippen molar-refractivity contribution in [3.05, 3.63) is 12.7 Å². The fraction of sp³-hybridized carbons (Fsp3) is 0.818. The van der Waals surface area contributed by atoms with Gasteiger partial charge >= 0.3 is 0 Å². The van der Waals surface area contributed by atoms with Gasteiger partial charge in [0.2, 0.25) is 0 Å². The van der Waals surface area contributed by atoms with E-state index in [-0.39, 0.29) is 5.79 Å². The maximum Gasteiger partial charge on any atom is 0.168 e. The Labute approximate surface area is 79.9 Å². The van der Waals surface area contributed by atoms with Gasteiger partial charge in [-0.15, -0.1) is 6.58 Å². The molecule has 0 radical (unpaired) electrons. The molecule has 0 aromatic rings. The molecule has 2 aliphatic rings. The third-order valence-corrected chi connectivity index (χ3v) is 2.99. The molecule has 0 amide bonds. The second-order valence-electron chi connectivity index (χ2n) is 4.01. The highest BCUT2D eigenvalue weighted by atomic mass is 16.7. The van der Waals surface area contributed by atoms with Gasteiger partial charge in [-0.05, 0) is 25.7 Å². The van der Waals surface area contributed by atoms with E-state index in [4.69, 9.17) is 9.47 Å². The predicted molar refractivity (Wildman–Crippen MR) is 51.5 cm³/mol. The first-order valence-electron chi connectivity index (χ1n) is 5.27. The van der Waals surface area contributed by atoms with Crippen molar-refractivity contribution in [1.29, 1.82) is 0 Å².